The molecule has 3 rings (SSSR count). The summed E-state index contributed by atoms with van der Waals surface area (Å²) in [4.78, 5) is 41.1. The molecule has 0 saturated heterocycles. The van der Waals surface area contributed by atoms with Crippen LogP contribution in [0, 0.1) is 13.8 Å². The van der Waals surface area contributed by atoms with Crippen LogP contribution in [0.3, 0.4) is 0 Å². The lowest BCUT2D eigenvalue weighted by molar-refractivity contribution is -0.141. The Bertz CT molecular complexity index is 1140. The van der Waals surface area contributed by atoms with E-state index in [0.29, 0.717) is 33.9 Å². The van der Waals surface area contributed by atoms with Gasteiger partial charge in [0.2, 0.25) is 5.91 Å². The van der Waals surface area contributed by atoms with Crippen molar-refractivity contribution >= 4 is 46.3 Å². The SMILES string of the molecule is CCOC(=O)c1c(COC(=O)CSCC(=O)Nc2cc(C)on2)nc2ccccc2c1C. The van der Waals surface area contributed by atoms with Crippen molar-refractivity contribution in [2.24, 2.45) is 0 Å². The number of carbonyl (C=O) groups excluding carboxylic acids is 3. The van der Waals surface area contributed by atoms with Gasteiger partial charge in [0.15, 0.2) is 5.82 Å². The normalized spacial score (nSPS) is 10.7. The number of nitrogens with zero attached hydrogens (tertiary/aromatic N) is 2. The lowest BCUT2D eigenvalue weighted by Crippen LogP contribution is -2.17. The van der Waals surface area contributed by atoms with Crippen LogP contribution in [0.15, 0.2) is 34.9 Å². The Balaban J connectivity index is 1.59. The number of thioether (sulfide) groups is 1. The molecule has 9 nitrogen and oxygen atoms in total. The van der Waals surface area contributed by atoms with Crippen LogP contribution in [0.2, 0.25) is 0 Å². The summed E-state index contributed by atoms with van der Waals surface area (Å²) in [5.74, 6) is -0.441. The average molecular weight is 458 g/mol. The number of hydrogen-bond donors (Lipinski definition) is 1. The standard InChI is InChI=1S/C22H23N3O6S/c1-4-29-22(28)21-14(3)15-7-5-6-8-16(15)23-17(21)10-30-20(27)12-32-11-19(26)24-18-9-13(2)31-25-18/h5-9H,4,10-12H2,1-3H3,(H,24,25,26). The van der Waals surface area contributed by atoms with E-state index >= 15 is 0 Å². The van der Waals surface area contributed by atoms with Gasteiger partial charge in [-0.05, 0) is 32.4 Å². The van der Waals surface area contributed by atoms with E-state index in [0.717, 1.165) is 17.1 Å². The zero-order chi connectivity index (χ0) is 23.1. The summed E-state index contributed by atoms with van der Waals surface area (Å²) in [5, 5.41) is 7.07. The number of anilines is 1. The fourth-order valence-electron chi connectivity index (χ4n) is 3.04. The van der Waals surface area contributed by atoms with Crippen LogP contribution >= 0.6 is 11.8 Å². The van der Waals surface area contributed by atoms with Crippen LogP contribution < -0.4 is 5.32 Å². The summed E-state index contributed by atoms with van der Waals surface area (Å²) >= 11 is 1.10. The molecule has 0 unspecified atom stereocenters. The quantitative estimate of drug-likeness (QED) is 0.482. The van der Waals surface area contributed by atoms with Crippen molar-refractivity contribution in [3.63, 3.8) is 0 Å². The zero-order valence-corrected chi connectivity index (χ0v) is 18.8. The van der Waals surface area contributed by atoms with E-state index in [-0.39, 0.29) is 30.6 Å². The van der Waals surface area contributed by atoms with Crippen molar-refractivity contribution in [3.05, 3.63) is 52.9 Å². The molecule has 0 bridgehead atoms. The van der Waals surface area contributed by atoms with E-state index in [1.165, 1.54) is 0 Å². The molecule has 0 aliphatic carbocycles. The molecule has 2 aromatic heterocycles. The van der Waals surface area contributed by atoms with Crippen molar-refractivity contribution in [1.82, 2.24) is 10.1 Å². The first-order valence-electron chi connectivity index (χ1n) is 9.91. The van der Waals surface area contributed by atoms with Gasteiger partial charge in [0.25, 0.3) is 0 Å². The molecule has 0 fully saturated rings. The van der Waals surface area contributed by atoms with Crippen LogP contribution in [0.1, 0.15) is 34.3 Å². The van der Waals surface area contributed by atoms with Crippen LogP contribution in [0.25, 0.3) is 10.9 Å². The van der Waals surface area contributed by atoms with Crippen molar-refractivity contribution in [1.29, 1.82) is 0 Å². The summed E-state index contributed by atoms with van der Waals surface area (Å²) < 4.78 is 15.4. The summed E-state index contributed by atoms with van der Waals surface area (Å²) in [6.45, 7) is 5.29. The Morgan fingerprint density at radius 1 is 1.12 bits per heavy atom. The first-order chi connectivity index (χ1) is 15.4. The lowest BCUT2D eigenvalue weighted by Gasteiger charge is -2.14. The van der Waals surface area contributed by atoms with Crippen LogP contribution in [-0.2, 0) is 25.7 Å². The number of nitrogens with one attached hydrogen (secondary N) is 1. The third kappa shape index (κ3) is 5.85. The molecule has 0 atom stereocenters. The first-order valence-corrected chi connectivity index (χ1v) is 11.1. The van der Waals surface area contributed by atoms with Gasteiger partial charge in [-0.2, -0.15) is 0 Å². The van der Waals surface area contributed by atoms with E-state index in [2.05, 4.69) is 15.5 Å². The van der Waals surface area contributed by atoms with Gasteiger partial charge in [-0.1, -0.05) is 23.4 Å². The molecule has 0 saturated carbocycles. The highest BCUT2D eigenvalue weighted by Crippen LogP contribution is 2.24. The number of amides is 1. The third-order valence-corrected chi connectivity index (χ3v) is 5.33. The molecule has 168 valence electrons. The van der Waals surface area contributed by atoms with Gasteiger partial charge >= 0.3 is 11.9 Å². The molecule has 1 N–H and O–H groups in total. The molecule has 10 heteroatoms. The lowest BCUT2D eigenvalue weighted by atomic mass is 10.0. The maximum Gasteiger partial charge on any atom is 0.340 e. The molecule has 0 aliphatic heterocycles. The van der Waals surface area contributed by atoms with Gasteiger partial charge in [-0.15, -0.1) is 11.8 Å². The number of hydrogen-bond acceptors (Lipinski definition) is 9. The molecule has 32 heavy (non-hydrogen) atoms. The van der Waals surface area contributed by atoms with Gasteiger partial charge in [0.1, 0.15) is 12.4 Å². The third-order valence-electron chi connectivity index (χ3n) is 4.43. The molecule has 1 aromatic carbocycles. The maximum atomic E-state index is 12.5. The van der Waals surface area contributed by atoms with E-state index < -0.39 is 11.9 Å². The summed E-state index contributed by atoms with van der Waals surface area (Å²) in [7, 11) is 0. The zero-order valence-electron chi connectivity index (χ0n) is 18.0. The topological polar surface area (TPSA) is 121 Å². The second kappa shape index (κ2) is 10.8. The van der Waals surface area contributed by atoms with Gasteiger partial charge in [-0.3, -0.25) is 9.59 Å². The summed E-state index contributed by atoms with van der Waals surface area (Å²) in [6.07, 6.45) is 0. The van der Waals surface area contributed by atoms with Crippen molar-refractivity contribution in [2.75, 3.05) is 23.4 Å². The average Bonchev–Trinajstić information content (AvgIpc) is 3.16. The number of para-hydroxylation sites is 1. The number of fused-ring (bicyclic) bond motifs is 1. The highest BCUT2D eigenvalue weighted by atomic mass is 32.2. The largest absolute Gasteiger partial charge is 0.462 e. The number of aryl methyl sites for hydroxylation is 2. The summed E-state index contributed by atoms with van der Waals surface area (Å²) in [5.41, 5.74) is 2.04. The number of ether oxygens (including phenoxy) is 2. The second-order valence-corrected chi connectivity index (χ2v) is 7.81. The molecule has 1 amide bonds. The minimum atomic E-state index is -0.525. The van der Waals surface area contributed by atoms with Gasteiger partial charge in [-0.25, -0.2) is 9.78 Å². The highest BCUT2D eigenvalue weighted by Gasteiger charge is 2.21. The van der Waals surface area contributed by atoms with Crippen molar-refractivity contribution in [3.8, 4) is 0 Å². The van der Waals surface area contributed by atoms with Gasteiger partial charge < -0.3 is 19.3 Å². The van der Waals surface area contributed by atoms with Crippen LogP contribution in [-0.4, -0.2) is 46.1 Å². The molecule has 3 aromatic rings. The fourth-order valence-corrected chi connectivity index (χ4v) is 3.65. The van der Waals surface area contributed by atoms with E-state index in [9.17, 15) is 14.4 Å². The van der Waals surface area contributed by atoms with Gasteiger partial charge in [0.05, 0.1) is 34.9 Å². The Hall–Kier alpha value is -3.40. The van der Waals surface area contributed by atoms with Crippen LogP contribution in [0.4, 0.5) is 5.82 Å². The molecule has 0 aliphatic rings. The molecular weight excluding hydrogens is 434 g/mol. The number of carbonyl (C=O) groups is 3. The smallest absolute Gasteiger partial charge is 0.340 e. The Morgan fingerprint density at radius 2 is 1.91 bits per heavy atom. The van der Waals surface area contributed by atoms with Crippen LogP contribution in [0.5, 0.6) is 0 Å². The number of pyridine rings is 1. The molecule has 0 radical (unpaired) electrons. The summed E-state index contributed by atoms with van der Waals surface area (Å²) in [6, 6.07) is 9.00. The minimum absolute atomic E-state index is 0.0352. The minimum Gasteiger partial charge on any atom is -0.462 e. The van der Waals surface area contributed by atoms with Crippen molar-refractivity contribution in [2.45, 2.75) is 27.4 Å². The first kappa shape index (κ1) is 23.3. The molecular formula is C22H23N3O6S. The number of benzene rings is 1. The monoisotopic (exact) mass is 457 g/mol. The number of aromatic nitrogens is 2. The van der Waals surface area contributed by atoms with E-state index in [1.807, 2.05) is 31.2 Å². The number of esters is 2. The maximum absolute atomic E-state index is 12.5. The van der Waals surface area contributed by atoms with Gasteiger partial charge in [0, 0.05) is 11.5 Å². The second-order valence-electron chi connectivity index (χ2n) is 6.82. The Kier molecular flexibility index (Phi) is 7.82. The predicted molar refractivity (Wildman–Crippen MR) is 119 cm³/mol. The van der Waals surface area contributed by atoms with E-state index in [1.54, 1.807) is 19.9 Å². The molecule has 0 spiro atoms. The predicted octanol–water partition coefficient (Wildman–Crippen LogP) is 3.43. The number of rotatable bonds is 9. The van der Waals surface area contributed by atoms with E-state index in [4.69, 9.17) is 14.0 Å². The highest BCUT2D eigenvalue weighted by molar-refractivity contribution is 8.00. The van der Waals surface area contributed by atoms with Crippen molar-refractivity contribution < 1.29 is 28.4 Å². The fraction of sp³-hybridized carbons (Fsp3) is 0.318. The molecule has 2 heterocycles. The Labute approximate surface area is 188 Å². The Morgan fingerprint density at radius 3 is 2.62 bits per heavy atom.